The normalized spacial score (nSPS) is 19.3. The van der Waals surface area contributed by atoms with Crippen LogP contribution in [0, 0.1) is 23.7 Å². The number of hydroxylamine groups is 1. The van der Waals surface area contributed by atoms with E-state index in [1.165, 1.54) is 14.2 Å². The van der Waals surface area contributed by atoms with E-state index in [1.54, 1.807) is 48.2 Å². The van der Waals surface area contributed by atoms with Crippen LogP contribution in [-0.2, 0) is 33.4 Å². The Morgan fingerprint density at radius 1 is 0.938 bits per heavy atom. The Kier molecular flexibility index (Phi) is 18.6. The number of ether oxygens (including phenoxy) is 2. The average Bonchev–Trinajstić information content (AvgIpc) is 3.51. The quantitative estimate of drug-likeness (QED) is 0.110. The molecule has 1 aliphatic heterocycles. The number of likely N-dealkylation sites (tertiary alicyclic amines) is 1. The fourth-order valence-corrected chi connectivity index (χ4v) is 6.63. The number of carbonyl (C=O) groups is 5. The minimum atomic E-state index is -0.917. The minimum Gasteiger partial charge on any atom is -0.379 e. The maximum atomic E-state index is 14.0. The van der Waals surface area contributed by atoms with Gasteiger partial charge in [-0.1, -0.05) is 54.9 Å². The molecule has 8 atom stereocenters. The van der Waals surface area contributed by atoms with Gasteiger partial charge in [-0.05, 0) is 51.1 Å². The van der Waals surface area contributed by atoms with Crippen LogP contribution in [-0.4, -0.2) is 134 Å². The maximum absolute atomic E-state index is 14.0. The monoisotopic (exact) mass is 684 g/mol. The van der Waals surface area contributed by atoms with Gasteiger partial charge in [0.05, 0.1) is 43.2 Å². The molecule has 0 aromatic carbocycles. The number of methoxy groups -OCH3 is 2. The number of carbonyl (C=O) groups excluding carboxylic acids is 5. The maximum Gasteiger partial charge on any atom is 0.265 e. The lowest BCUT2D eigenvalue weighted by Crippen LogP contribution is -2.58. The van der Waals surface area contributed by atoms with E-state index in [-0.39, 0.29) is 48.4 Å². The second kappa shape index (κ2) is 20.6. The Labute approximate surface area is 287 Å². The van der Waals surface area contributed by atoms with Crippen molar-refractivity contribution in [1.29, 1.82) is 0 Å². The summed E-state index contributed by atoms with van der Waals surface area (Å²) in [5.74, 6) is -2.60. The third-order valence-corrected chi connectivity index (χ3v) is 9.42. The molecular formula is C34H64N6O8. The molecule has 0 aromatic rings. The Morgan fingerprint density at radius 3 is 2.04 bits per heavy atom. The first-order valence-electron chi connectivity index (χ1n) is 17.2. The average molecular weight is 685 g/mol. The van der Waals surface area contributed by atoms with Gasteiger partial charge >= 0.3 is 0 Å². The number of hydrogen-bond acceptors (Lipinski definition) is 9. The molecule has 4 N–H and O–H groups in total. The molecule has 1 rings (SSSR count). The predicted molar refractivity (Wildman–Crippen MR) is 183 cm³/mol. The number of rotatable bonds is 20. The Morgan fingerprint density at radius 2 is 1.56 bits per heavy atom. The van der Waals surface area contributed by atoms with Crippen molar-refractivity contribution in [2.24, 2.45) is 23.7 Å². The van der Waals surface area contributed by atoms with Crippen LogP contribution in [0.4, 0.5) is 0 Å². The summed E-state index contributed by atoms with van der Waals surface area (Å²) in [7, 11) is 8.31. The summed E-state index contributed by atoms with van der Waals surface area (Å²) in [5.41, 5.74) is 1.63. The van der Waals surface area contributed by atoms with Gasteiger partial charge in [-0.15, -0.1) is 0 Å². The summed E-state index contributed by atoms with van der Waals surface area (Å²) < 4.78 is 11.8. The van der Waals surface area contributed by atoms with Gasteiger partial charge in [-0.25, -0.2) is 5.48 Å². The molecule has 0 bridgehead atoms. The van der Waals surface area contributed by atoms with E-state index in [4.69, 9.17) is 9.47 Å². The number of nitrogens with one attached hydrogen (secondary N) is 3. The SMILES string of the molecule is CC[C@H](C)[C@@H]([C@@H](CC(=O)N1CCC[C@H]1[C@H](OC)[C@@H](C)C(=O)N[C@@H](CC(C)C)C(=O)NO)OC)N(C)C(=O)[C@@H](NC(=O)CN(C)C)C(C)C. The van der Waals surface area contributed by atoms with Crippen molar-refractivity contribution in [3.8, 4) is 0 Å². The zero-order valence-electron chi connectivity index (χ0n) is 31.4. The van der Waals surface area contributed by atoms with E-state index in [0.29, 0.717) is 19.4 Å². The molecule has 1 aliphatic rings. The van der Waals surface area contributed by atoms with Crippen molar-refractivity contribution in [1.82, 2.24) is 30.8 Å². The highest BCUT2D eigenvalue weighted by molar-refractivity contribution is 5.89. The van der Waals surface area contributed by atoms with Gasteiger partial charge in [-0.3, -0.25) is 29.2 Å². The number of amides is 5. The van der Waals surface area contributed by atoms with Crippen LogP contribution in [0.25, 0.3) is 0 Å². The van der Waals surface area contributed by atoms with Crippen LogP contribution in [0.1, 0.15) is 80.6 Å². The van der Waals surface area contributed by atoms with E-state index in [2.05, 4.69) is 10.6 Å². The highest BCUT2D eigenvalue weighted by Crippen LogP contribution is 2.29. The van der Waals surface area contributed by atoms with Gasteiger partial charge < -0.3 is 34.8 Å². The minimum absolute atomic E-state index is 0.00308. The summed E-state index contributed by atoms with van der Waals surface area (Å²) in [6, 6.07) is -2.51. The molecule has 48 heavy (non-hydrogen) atoms. The van der Waals surface area contributed by atoms with Crippen LogP contribution < -0.4 is 16.1 Å². The van der Waals surface area contributed by atoms with E-state index in [9.17, 15) is 29.2 Å². The molecule has 0 spiro atoms. The highest BCUT2D eigenvalue weighted by Gasteiger charge is 2.43. The first kappa shape index (κ1) is 43.2. The van der Waals surface area contributed by atoms with Gasteiger partial charge in [0.2, 0.25) is 23.6 Å². The topological polar surface area (TPSA) is 170 Å². The molecule has 5 amide bonds. The molecule has 0 aliphatic carbocycles. The van der Waals surface area contributed by atoms with Crippen LogP contribution in [0.2, 0.25) is 0 Å². The molecule has 14 nitrogen and oxygen atoms in total. The predicted octanol–water partition coefficient (Wildman–Crippen LogP) is 1.65. The van der Waals surface area contributed by atoms with Crippen LogP contribution in [0.15, 0.2) is 0 Å². The number of nitrogens with zero attached hydrogens (tertiary/aromatic N) is 3. The lowest BCUT2D eigenvalue weighted by atomic mass is 9.89. The molecule has 278 valence electrons. The van der Waals surface area contributed by atoms with Crippen LogP contribution in [0.3, 0.4) is 0 Å². The molecule has 1 heterocycles. The van der Waals surface area contributed by atoms with Crippen molar-refractivity contribution in [2.45, 2.75) is 117 Å². The molecule has 14 heteroatoms. The van der Waals surface area contributed by atoms with Crippen molar-refractivity contribution in [3.63, 3.8) is 0 Å². The van der Waals surface area contributed by atoms with Crippen LogP contribution in [0.5, 0.6) is 0 Å². The molecule has 0 saturated carbocycles. The van der Waals surface area contributed by atoms with E-state index >= 15 is 0 Å². The van der Waals surface area contributed by atoms with E-state index in [1.807, 2.05) is 41.5 Å². The molecule has 0 aromatic heterocycles. The number of likely N-dealkylation sites (N-methyl/N-ethyl adjacent to an activating group) is 2. The zero-order valence-corrected chi connectivity index (χ0v) is 31.4. The first-order valence-corrected chi connectivity index (χ1v) is 17.2. The summed E-state index contributed by atoms with van der Waals surface area (Å²) in [5, 5.41) is 14.8. The van der Waals surface area contributed by atoms with E-state index < -0.39 is 54.1 Å². The van der Waals surface area contributed by atoms with Crippen molar-refractivity contribution >= 4 is 29.5 Å². The molecule has 0 unspecified atom stereocenters. The smallest absolute Gasteiger partial charge is 0.265 e. The fourth-order valence-electron chi connectivity index (χ4n) is 6.63. The van der Waals surface area contributed by atoms with Gasteiger partial charge in [0, 0.05) is 27.8 Å². The summed E-state index contributed by atoms with van der Waals surface area (Å²) >= 11 is 0. The largest absolute Gasteiger partial charge is 0.379 e. The van der Waals surface area contributed by atoms with Crippen molar-refractivity contribution < 1.29 is 38.7 Å². The Bertz CT molecular complexity index is 1060. The lowest BCUT2D eigenvalue weighted by Gasteiger charge is -2.41. The lowest BCUT2D eigenvalue weighted by molar-refractivity contribution is -0.148. The van der Waals surface area contributed by atoms with Crippen molar-refractivity contribution in [3.05, 3.63) is 0 Å². The molecular weight excluding hydrogens is 620 g/mol. The second-order valence-corrected chi connectivity index (χ2v) is 14.3. The number of hydrogen-bond donors (Lipinski definition) is 4. The highest BCUT2D eigenvalue weighted by atomic mass is 16.5. The standard InChI is InChI=1S/C34H64N6O8/c1-13-22(6)30(39(10)34(45)29(21(4)5)36-27(41)19-38(8)9)26(47-11)18-28(42)40-16-14-15-25(40)31(48-12)23(7)32(43)35-24(17-20(2)3)33(44)37-46/h20-26,29-31,46H,13-19H2,1-12H3,(H,35,43)(H,36,41)(H,37,44)/t22-,23+,24-,25-,26+,29-,30-,31+/m0/s1. The van der Waals surface area contributed by atoms with Gasteiger partial charge in [0.15, 0.2) is 0 Å². The molecule has 1 saturated heterocycles. The third-order valence-electron chi connectivity index (χ3n) is 9.42. The Hall–Kier alpha value is -2.81. The van der Waals surface area contributed by atoms with Gasteiger partial charge in [-0.2, -0.15) is 0 Å². The van der Waals surface area contributed by atoms with E-state index in [0.717, 1.165) is 12.8 Å². The summed E-state index contributed by atoms with van der Waals surface area (Å²) in [4.78, 5) is 71.2. The van der Waals surface area contributed by atoms with Crippen molar-refractivity contribution in [2.75, 3.05) is 48.5 Å². The van der Waals surface area contributed by atoms with Gasteiger partial charge in [0.25, 0.3) is 5.91 Å². The fraction of sp³-hybridized carbons (Fsp3) is 0.853. The molecule has 1 fully saturated rings. The van der Waals surface area contributed by atoms with Gasteiger partial charge in [0.1, 0.15) is 12.1 Å². The first-order chi connectivity index (χ1) is 22.4. The summed E-state index contributed by atoms with van der Waals surface area (Å²) in [6.07, 6.45) is 1.13. The Balaban J connectivity index is 3.23. The zero-order chi connectivity index (χ0) is 36.9. The molecule has 0 radical (unpaired) electrons. The third kappa shape index (κ3) is 12.3. The summed E-state index contributed by atoms with van der Waals surface area (Å²) in [6.45, 7) is 14.0. The van der Waals surface area contributed by atoms with Crippen LogP contribution >= 0.6 is 0 Å². The second-order valence-electron chi connectivity index (χ2n) is 14.3.